The van der Waals surface area contributed by atoms with Gasteiger partial charge in [-0.25, -0.2) is 4.79 Å². The molecule has 2 aromatic rings. The van der Waals surface area contributed by atoms with Crippen LogP contribution in [0.3, 0.4) is 0 Å². The molecule has 3 rings (SSSR count). The van der Waals surface area contributed by atoms with Crippen molar-refractivity contribution in [3.63, 3.8) is 0 Å². The number of nitrogens with zero attached hydrogens (tertiary/aromatic N) is 4. The Morgan fingerprint density at radius 1 is 1.26 bits per heavy atom. The summed E-state index contributed by atoms with van der Waals surface area (Å²) in [5.41, 5.74) is 0.745. The van der Waals surface area contributed by atoms with E-state index in [2.05, 4.69) is 26.2 Å². The molecule has 1 aromatic carbocycles. The summed E-state index contributed by atoms with van der Waals surface area (Å²) in [6.07, 6.45) is 4.14. The van der Waals surface area contributed by atoms with Crippen LogP contribution in [-0.4, -0.2) is 50.5 Å². The Hall–Kier alpha value is -2.62. The van der Waals surface area contributed by atoms with Gasteiger partial charge in [0.05, 0.1) is 18.0 Å². The van der Waals surface area contributed by atoms with Crippen molar-refractivity contribution in [2.45, 2.75) is 49.1 Å². The summed E-state index contributed by atoms with van der Waals surface area (Å²) in [5, 5.41) is 16.8. The van der Waals surface area contributed by atoms with E-state index in [-0.39, 0.29) is 11.9 Å². The van der Waals surface area contributed by atoms with Crippen molar-refractivity contribution < 1.29 is 14.3 Å². The summed E-state index contributed by atoms with van der Waals surface area (Å²) in [6, 6.07) is 6.94. The van der Waals surface area contributed by atoms with Gasteiger partial charge in [-0.3, -0.25) is 10.1 Å². The monoisotopic (exact) mass is 390 g/mol. The van der Waals surface area contributed by atoms with Gasteiger partial charge in [-0.2, -0.15) is 4.68 Å². The summed E-state index contributed by atoms with van der Waals surface area (Å²) < 4.78 is 6.67. The number of aromatic nitrogens is 4. The van der Waals surface area contributed by atoms with Crippen LogP contribution < -0.4 is 15.4 Å². The van der Waals surface area contributed by atoms with Crippen molar-refractivity contribution in [2.75, 3.05) is 7.11 Å². The molecule has 1 atom stereocenters. The van der Waals surface area contributed by atoms with Crippen molar-refractivity contribution in [3.8, 4) is 11.4 Å². The number of carbonyl (C=O) groups excluding carboxylic acids is 2. The molecule has 0 saturated heterocycles. The van der Waals surface area contributed by atoms with Crippen LogP contribution in [0.2, 0.25) is 0 Å². The van der Waals surface area contributed by atoms with Crippen LogP contribution in [0.15, 0.2) is 29.4 Å². The fourth-order valence-electron chi connectivity index (χ4n) is 2.85. The van der Waals surface area contributed by atoms with Crippen LogP contribution in [0, 0.1) is 0 Å². The highest BCUT2D eigenvalue weighted by atomic mass is 32.2. The first-order valence-corrected chi connectivity index (χ1v) is 9.65. The molecule has 1 aromatic heterocycles. The lowest BCUT2D eigenvalue weighted by Gasteiger charge is -2.14. The zero-order valence-corrected chi connectivity index (χ0v) is 16.0. The van der Waals surface area contributed by atoms with Crippen molar-refractivity contribution in [1.29, 1.82) is 0 Å². The largest absolute Gasteiger partial charge is 0.497 e. The third kappa shape index (κ3) is 4.97. The second kappa shape index (κ2) is 8.85. The molecule has 144 valence electrons. The molecule has 0 spiro atoms. The average molecular weight is 390 g/mol. The van der Waals surface area contributed by atoms with E-state index >= 15 is 0 Å². The maximum Gasteiger partial charge on any atom is 0.321 e. The molecular weight excluding hydrogens is 368 g/mol. The molecule has 3 amide bonds. The molecule has 0 radical (unpaired) electrons. The second-order valence-corrected chi connectivity index (χ2v) is 7.58. The van der Waals surface area contributed by atoms with Crippen molar-refractivity contribution in [1.82, 2.24) is 30.8 Å². The average Bonchev–Trinajstić information content (AvgIpc) is 3.33. The maximum atomic E-state index is 12.3. The summed E-state index contributed by atoms with van der Waals surface area (Å²) in [7, 11) is 1.59. The van der Waals surface area contributed by atoms with Gasteiger partial charge in [0, 0.05) is 6.04 Å². The molecule has 0 unspecified atom stereocenters. The van der Waals surface area contributed by atoms with E-state index in [1.54, 1.807) is 26.2 Å². The molecule has 1 aliphatic carbocycles. The number of hydrogen-bond donors (Lipinski definition) is 2. The van der Waals surface area contributed by atoms with Crippen molar-refractivity contribution in [3.05, 3.63) is 24.3 Å². The number of thioether (sulfide) groups is 1. The molecule has 27 heavy (non-hydrogen) atoms. The maximum absolute atomic E-state index is 12.3. The number of amides is 3. The second-order valence-electron chi connectivity index (χ2n) is 6.28. The number of imide groups is 1. The Labute approximate surface area is 161 Å². The number of urea groups is 1. The number of nitrogens with one attached hydrogen (secondary N) is 2. The van der Waals surface area contributed by atoms with Gasteiger partial charge in [-0.15, -0.1) is 5.10 Å². The van der Waals surface area contributed by atoms with Crippen LogP contribution in [0.25, 0.3) is 5.69 Å². The van der Waals surface area contributed by atoms with E-state index in [4.69, 9.17) is 4.74 Å². The van der Waals surface area contributed by atoms with E-state index in [0.29, 0.717) is 5.16 Å². The molecule has 2 N–H and O–H groups in total. The molecule has 0 bridgehead atoms. The smallest absolute Gasteiger partial charge is 0.321 e. The third-order valence-electron chi connectivity index (χ3n) is 4.34. The molecule has 0 aliphatic heterocycles. The number of ether oxygens (including phenoxy) is 1. The minimum absolute atomic E-state index is 0.156. The Morgan fingerprint density at radius 2 is 1.96 bits per heavy atom. The number of benzene rings is 1. The molecule has 9 nitrogen and oxygen atoms in total. The van der Waals surface area contributed by atoms with E-state index in [1.165, 1.54) is 16.4 Å². The fourth-order valence-corrected chi connectivity index (χ4v) is 3.66. The predicted molar refractivity (Wildman–Crippen MR) is 100.0 cm³/mol. The molecule has 1 fully saturated rings. The predicted octanol–water partition coefficient (Wildman–Crippen LogP) is 1.92. The van der Waals surface area contributed by atoms with Gasteiger partial charge in [0.25, 0.3) is 0 Å². The highest BCUT2D eigenvalue weighted by Crippen LogP contribution is 2.24. The number of methoxy groups -OCH3 is 1. The topological polar surface area (TPSA) is 111 Å². The van der Waals surface area contributed by atoms with Gasteiger partial charge in [0.15, 0.2) is 0 Å². The number of rotatable bonds is 6. The zero-order chi connectivity index (χ0) is 19.2. The summed E-state index contributed by atoms with van der Waals surface area (Å²) in [6.45, 7) is 1.70. The fraction of sp³-hybridized carbons (Fsp3) is 0.471. The van der Waals surface area contributed by atoms with Crippen LogP contribution >= 0.6 is 11.8 Å². The summed E-state index contributed by atoms with van der Waals surface area (Å²) in [5.74, 6) is 0.335. The standard InChI is InChI=1S/C17H22N6O3S/c1-11(15(24)19-16(25)18-12-5-3-4-6-12)27-17-20-21-22-23(17)13-7-9-14(26-2)10-8-13/h7-12H,3-6H2,1-2H3,(H2,18,19,24,25)/t11-/m1/s1. The Bertz CT molecular complexity index is 788. The van der Waals surface area contributed by atoms with Gasteiger partial charge < -0.3 is 10.1 Å². The van der Waals surface area contributed by atoms with Gasteiger partial charge in [-0.05, 0) is 54.5 Å². The van der Waals surface area contributed by atoms with Crippen molar-refractivity contribution in [2.24, 2.45) is 0 Å². The van der Waals surface area contributed by atoms with E-state index in [0.717, 1.165) is 37.1 Å². The Morgan fingerprint density at radius 3 is 2.63 bits per heavy atom. The Kier molecular flexibility index (Phi) is 6.28. The first kappa shape index (κ1) is 19.2. The van der Waals surface area contributed by atoms with Crippen LogP contribution in [0.1, 0.15) is 32.6 Å². The van der Waals surface area contributed by atoms with Crippen LogP contribution in [0.5, 0.6) is 5.75 Å². The molecular formula is C17H22N6O3S. The quantitative estimate of drug-likeness (QED) is 0.725. The van der Waals surface area contributed by atoms with Gasteiger partial charge >= 0.3 is 6.03 Å². The van der Waals surface area contributed by atoms with E-state index < -0.39 is 11.3 Å². The van der Waals surface area contributed by atoms with Crippen molar-refractivity contribution >= 4 is 23.7 Å². The lowest BCUT2D eigenvalue weighted by molar-refractivity contribution is -0.119. The highest BCUT2D eigenvalue weighted by molar-refractivity contribution is 8.00. The van der Waals surface area contributed by atoms with Crippen LogP contribution in [-0.2, 0) is 4.79 Å². The SMILES string of the molecule is COc1ccc(-n2nnnc2S[C@H](C)C(=O)NC(=O)NC2CCCC2)cc1. The lowest BCUT2D eigenvalue weighted by Crippen LogP contribution is -2.45. The number of hydrogen-bond acceptors (Lipinski definition) is 7. The molecule has 10 heteroatoms. The van der Waals surface area contributed by atoms with Crippen LogP contribution in [0.4, 0.5) is 4.79 Å². The van der Waals surface area contributed by atoms with Gasteiger partial charge in [0.2, 0.25) is 11.1 Å². The minimum Gasteiger partial charge on any atom is -0.497 e. The molecule has 1 aliphatic rings. The number of tetrazole rings is 1. The first-order valence-electron chi connectivity index (χ1n) is 8.77. The third-order valence-corrected chi connectivity index (χ3v) is 5.37. The summed E-state index contributed by atoms with van der Waals surface area (Å²) >= 11 is 1.18. The normalized spacial score (nSPS) is 15.3. The molecule has 1 saturated carbocycles. The lowest BCUT2D eigenvalue weighted by atomic mass is 10.2. The zero-order valence-electron chi connectivity index (χ0n) is 15.2. The summed E-state index contributed by atoms with van der Waals surface area (Å²) in [4.78, 5) is 24.3. The van der Waals surface area contributed by atoms with E-state index in [1.807, 2.05) is 12.1 Å². The Balaban J connectivity index is 1.58. The van der Waals surface area contributed by atoms with E-state index in [9.17, 15) is 9.59 Å². The number of carbonyl (C=O) groups is 2. The minimum atomic E-state index is -0.540. The highest BCUT2D eigenvalue weighted by Gasteiger charge is 2.23. The molecule has 1 heterocycles. The van der Waals surface area contributed by atoms with Gasteiger partial charge in [0.1, 0.15) is 5.75 Å². The first-order chi connectivity index (χ1) is 13.1. The van der Waals surface area contributed by atoms with Gasteiger partial charge in [-0.1, -0.05) is 24.6 Å².